The predicted molar refractivity (Wildman–Crippen MR) is 68.6 cm³/mol. The van der Waals surface area contributed by atoms with E-state index in [9.17, 15) is 0 Å². The zero-order chi connectivity index (χ0) is 11.5. The van der Waals surface area contributed by atoms with E-state index in [1.807, 2.05) is 0 Å². The van der Waals surface area contributed by atoms with Gasteiger partial charge in [0.25, 0.3) is 0 Å². The van der Waals surface area contributed by atoms with Gasteiger partial charge in [0.1, 0.15) is 0 Å². The molecule has 0 saturated heterocycles. The van der Waals surface area contributed by atoms with Gasteiger partial charge in [-0.1, -0.05) is 35.9 Å². The van der Waals surface area contributed by atoms with Crippen molar-refractivity contribution in [2.45, 2.75) is 20.8 Å². The first-order chi connectivity index (χ1) is 7.66. The summed E-state index contributed by atoms with van der Waals surface area (Å²) in [6.07, 6.45) is 6.50. The molecule has 0 fully saturated rings. The Balaban J connectivity index is 2.27. The minimum atomic E-state index is 0.750. The number of ether oxygens (including phenoxy) is 1. The van der Waals surface area contributed by atoms with Gasteiger partial charge < -0.3 is 4.74 Å². The Hall–Kier alpha value is -1.34. The van der Waals surface area contributed by atoms with E-state index in [0.717, 1.165) is 13.2 Å². The molecule has 0 aliphatic carbocycles. The highest BCUT2D eigenvalue weighted by Gasteiger charge is 2.03. The molecule has 16 heavy (non-hydrogen) atoms. The molecule has 0 saturated carbocycles. The summed E-state index contributed by atoms with van der Waals surface area (Å²) in [6, 6.07) is 4.46. The quantitative estimate of drug-likeness (QED) is 0.731. The fourth-order valence-electron chi connectivity index (χ4n) is 2.16. The van der Waals surface area contributed by atoms with Gasteiger partial charge in [0.15, 0.2) is 0 Å². The molecule has 2 rings (SSSR count). The molecule has 0 spiro atoms. The van der Waals surface area contributed by atoms with Crippen molar-refractivity contribution in [3.8, 4) is 0 Å². The van der Waals surface area contributed by atoms with E-state index in [-0.39, 0.29) is 0 Å². The Morgan fingerprint density at radius 2 is 1.75 bits per heavy atom. The number of aryl methyl sites for hydroxylation is 3. The molecule has 1 nitrogen and oxygen atoms in total. The summed E-state index contributed by atoms with van der Waals surface area (Å²) in [6.45, 7) is 7.98. The number of benzene rings is 1. The van der Waals surface area contributed by atoms with Crippen LogP contribution < -0.4 is 0 Å². The monoisotopic (exact) mass is 214 g/mol. The molecule has 1 aliphatic heterocycles. The summed E-state index contributed by atoms with van der Waals surface area (Å²) in [7, 11) is 0. The van der Waals surface area contributed by atoms with Gasteiger partial charge in [-0.3, -0.25) is 0 Å². The Labute approximate surface area is 97.4 Å². The van der Waals surface area contributed by atoms with Gasteiger partial charge in [-0.2, -0.15) is 0 Å². The van der Waals surface area contributed by atoms with E-state index in [0.29, 0.717) is 0 Å². The maximum Gasteiger partial charge on any atom is 0.0718 e. The van der Waals surface area contributed by atoms with Gasteiger partial charge in [-0.05, 0) is 43.0 Å². The van der Waals surface area contributed by atoms with Crippen molar-refractivity contribution in [2.24, 2.45) is 0 Å². The molecule has 84 valence electrons. The molecule has 0 radical (unpaired) electrons. The molecule has 0 bridgehead atoms. The third-order valence-corrected chi connectivity index (χ3v) is 2.93. The van der Waals surface area contributed by atoms with E-state index >= 15 is 0 Å². The van der Waals surface area contributed by atoms with Gasteiger partial charge in [-0.15, -0.1) is 0 Å². The first-order valence-corrected chi connectivity index (χ1v) is 5.69. The molecule has 1 heteroatoms. The average Bonchev–Trinajstić information content (AvgIpc) is 2.68. The predicted octanol–water partition coefficient (Wildman–Crippen LogP) is 3.58. The van der Waals surface area contributed by atoms with Crippen molar-refractivity contribution < 1.29 is 4.74 Å². The summed E-state index contributed by atoms with van der Waals surface area (Å²) in [5.74, 6) is 0. The molecular weight excluding hydrogens is 196 g/mol. The number of hydrogen-bond acceptors (Lipinski definition) is 1. The lowest BCUT2D eigenvalue weighted by Gasteiger charge is -2.07. The number of rotatable bonds is 2. The van der Waals surface area contributed by atoms with E-state index < -0.39 is 0 Å². The van der Waals surface area contributed by atoms with Crippen LogP contribution in [0.1, 0.15) is 22.3 Å². The van der Waals surface area contributed by atoms with Crippen LogP contribution in [0.3, 0.4) is 0 Å². The number of hydrogen-bond donors (Lipinski definition) is 0. The average molecular weight is 214 g/mol. The van der Waals surface area contributed by atoms with Crippen LogP contribution in [-0.2, 0) is 4.74 Å². The van der Waals surface area contributed by atoms with Crippen LogP contribution >= 0.6 is 0 Å². The highest BCUT2D eigenvalue weighted by Crippen LogP contribution is 2.19. The largest absolute Gasteiger partial charge is 0.373 e. The van der Waals surface area contributed by atoms with Crippen LogP contribution in [0.5, 0.6) is 0 Å². The van der Waals surface area contributed by atoms with Crippen LogP contribution in [0.4, 0.5) is 0 Å². The topological polar surface area (TPSA) is 9.23 Å². The maximum atomic E-state index is 5.28. The van der Waals surface area contributed by atoms with Gasteiger partial charge >= 0.3 is 0 Å². The second-order valence-corrected chi connectivity index (χ2v) is 4.44. The fraction of sp³-hybridized carbons (Fsp3) is 0.333. The van der Waals surface area contributed by atoms with Crippen LogP contribution in [0.25, 0.3) is 6.08 Å². The molecule has 0 N–H and O–H groups in total. The SMILES string of the molecule is Cc1cc(C)c(/C=C/C2=CCOC2)c(C)c1. The summed E-state index contributed by atoms with van der Waals surface area (Å²) in [5.41, 5.74) is 6.62. The molecular formula is C15H18O. The third-order valence-electron chi connectivity index (χ3n) is 2.93. The van der Waals surface area contributed by atoms with Crippen molar-refractivity contribution in [3.63, 3.8) is 0 Å². The molecule has 1 aliphatic rings. The lowest BCUT2D eigenvalue weighted by molar-refractivity contribution is 0.210. The Morgan fingerprint density at radius 3 is 2.31 bits per heavy atom. The Bertz CT molecular complexity index is 429. The molecule has 1 aromatic rings. The lowest BCUT2D eigenvalue weighted by Crippen LogP contribution is -1.89. The second-order valence-electron chi connectivity index (χ2n) is 4.44. The zero-order valence-corrected chi connectivity index (χ0v) is 10.2. The summed E-state index contributed by atoms with van der Waals surface area (Å²) >= 11 is 0. The normalized spacial score (nSPS) is 15.8. The van der Waals surface area contributed by atoms with Crippen molar-refractivity contribution >= 4 is 6.08 Å². The molecule has 1 heterocycles. The summed E-state index contributed by atoms with van der Waals surface area (Å²) in [5, 5.41) is 0. The molecule has 1 aromatic carbocycles. The first kappa shape index (κ1) is 11.2. The molecule has 0 amide bonds. The standard InChI is InChI=1S/C15H18O/c1-11-8-12(2)15(13(3)9-11)5-4-14-6-7-16-10-14/h4-6,8-9H,7,10H2,1-3H3/b5-4+. The summed E-state index contributed by atoms with van der Waals surface area (Å²) in [4.78, 5) is 0. The smallest absolute Gasteiger partial charge is 0.0718 e. The highest BCUT2D eigenvalue weighted by atomic mass is 16.5. The van der Waals surface area contributed by atoms with E-state index in [2.05, 4.69) is 51.1 Å². The van der Waals surface area contributed by atoms with Crippen molar-refractivity contribution in [3.05, 3.63) is 52.1 Å². The second kappa shape index (κ2) is 4.67. The maximum absolute atomic E-state index is 5.28. The van der Waals surface area contributed by atoms with E-state index in [1.54, 1.807) is 0 Å². The van der Waals surface area contributed by atoms with Crippen molar-refractivity contribution in [2.75, 3.05) is 13.2 Å². The van der Waals surface area contributed by atoms with Crippen LogP contribution in [0.15, 0.2) is 29.9 Å². The van der Waals surface area contributed by atoms with Gasteiger partial charge in [0.05, 0.1) is 13.2 Å². The van der Waals surface area contributed by atoms with Crippen LogP contribution in [-0.4, -0.2) is 13.2 Å². The Kier molecular flexibility index (Phi) is 3.25. The third kappa shape index (κ3) is 2.42. The lowest BCUT2D eigenvalue weighted by atomic mass is 9.99. The van der Waals surface area contributed by atoms with E-state index in [1.165, 1.54) is 27.8 Å². The van der Waals surface area contributed by atoms with Crippen molar-refractivity contribution in [1.82, 2.24) is 0 Å². The molecule has 0 unspecified atom stereocenters. The van der Waals surface area contributed by atoms with E-state index in [4.69, 9.17) is 4.74 Å². The minimum Gasteiger partial charge on any atom is -0.373 e. The zero-order valence-electron chi connectivity index (χ0n) is 10.2. The highest BCUT2D eigenvalue weighted by molar-refractivity contribution is 5.60. The Morgan fingerprint density at radius 1 is 1.06 bits per heavy atom. The van der Waals surface area contributed by atoms with Crippen LogP contribution in [0.2, 0.25) is 0 Å². The van der Waals surface area contributed by atoms with Crippen LogP contribution in [0, 0.1) is 20.8 Å². The van der Waals surface area contributed by atoms with Crippen molar-refractivity contribution in [1.29, 1.82) is 0 Å². The first-order valence-electron chi connectivity index (χ1n) is 5.69. The van der Waals surface area contributed by atoms with Gasteiger partial charge in [0.2, 0.25) is 0 Å². The van der Waals surface area contributed by atoms with Gasteiger partial charge in [0, 0.05) is 0 Å². The molecule has 0 aromatic heterocycles. The van der Waals surface area contributed by atoms with Gasteiger partial charge in [-0.25, -0.2) is 0 Å². The summed E-state index contributed by atoms with van der Waals surface area (Å²) < 4.78 is 5.28. The molecule has 0 atom stereocenters. The fourth-order valence-corrected chi connectivity index (χ4v) is 2.16. The minimum absolute atomic E-state index is 0.750.